The van der Waals surface area contributed by atoms with Crippen molar-refractivity contribution in [2.24, 2.45) is 13.0 Å². The van der Waals surface area contributed by atoms with Crippen molar-refractivity contribution in [3.63, 3.8) is 0 Å². The second-order valence-corrected chi connectivity index (χ2v) is 9.38. The summed E-state index contributed by atoms with van der Waals surface area (Å²) in [6, 6.07) is 6.80. The Morgan fingerprint density at radius 2 is 1.90 bits per heavy atom. The molecule has 0 spiro atoms. The van der Waals surface area contributed by atoms with Crippen molar-refractivity contribution in [2.75, 3.05) is 45.9 Å². The molecule has 1 aromatic heterocycles. The van der Waals surface area contributed by atoms with Crippen LogP contribution in [0.5, 0.6) is 0 Å². The highest BCUT2D eigenvalue weighted by Gasteiger charge is 2.29. The van der Waals surface area contributed by atoms with E-state index in [1.807, 2.05) is 16.2 Å². The van der Waals surface area contributed by atoms with Gasteiger partial charge >= 0.3 is 5.69 Å². The van der Waals surface area contributed by atoms with E-state index in [0.29, 0.717) is 6.10 Å². The number of rotatable bonds is 6. The predicted molar refractivity (Wildman–Crippen MR) is 119 cm³/mol. The summed E-state index contributed by atoms with van der Waals surface area (Å²) in [4.78, 5) is 15.3. The molecular weight excluding hydrogens is 378 g/mol. The normalized spacial score (nSPS) is 24.4. The topological polar surface area (TPSA) is 63.5 Å². The number of aromatic nitrogens is 2. The minimum Gasteiger partial charge on any atom is -0.375 e. The van der Waals surface area contributed by atoms with E-state index in [0.717, 1.165) is 82.2 Å². The molecule has 3 fully saturated rings. The van der Waals surface area contributed by atoms with Gasteiger partial charge in [-0.15, -0.1) is 0 Å². The summed E-state index contributed by atoms with van der Waals surface area (Å²) in [5, 5.41) is 6.85. The third-order valence-corrected chi connectivity index (χ3v) is 7.15. The van der Waals surface area contributed by atoms with Crippen molar-refractivity contribution in [1.29, 1.82) is 0 Å². The van der Waals surface area contributed by atoms with E-state index in [4.69, 9.17) is 4.74 Å². The highest BCUT2D eigenvalue weighted by Crippen LogP contribution is 2.24. The number of aryl methyl sites for hydroxylation is 1. The van der Waals surface area contributed by atoms with Gasteiger partial charge in [0.1, 0.15) is 0 Å². The van der Waals surface area contributed by atoms with Gasteiger partial charge in [-0.05, 0) is 68.9 Å². The molecule has 0 amide bonds. The maximum Gasteiger partial charge on any atom is 0.329 e. The summed E-state index contributed by atoms with van der Waals surface area (Å²) in [7, 11) is 1.90. The highest BCUT2D eigenvalue weighted by molar-refractivity contribution is 5.77. The van der Waals surface area contributed by atoms with Gasteiger partial charge in [0, 0.05) is 39.8 Å². The molecule has 5 rings (SSSR count). The zero-order valence-electron chi connectivity index (χ0n) is 18.1. The maximum atomic E-state index is 12.9. The van der Waals surface area contributed by atoms with Crippen LogP contribution in [0.3, 0.4) is 0 Å². The molecule has 0 aliphatic carbocycles. The lowest BCUT2D eigenvalue weighted by atomic mass is 9.99. The van der Waals surface area contributed by atoms with Crippen LogP contribution >= 0.6 is 0 Å². The van der Waals surface area contributed by atoms with Crippen molar-refractivity contribution in [1.82, 2.24) is 24.7 Å². The van der Waals surface area contributed by atoms with Crippen LogP contribution in [-0.2, 0) is 18.3 Å². The maximum absolute atomic E-state index is 12.9. The van der Waals surface area contributed by atoms with Crippen molar-refractivity contribution in [2.45, 2.75) is 44.4 Å². The Kier molecular flexibility index (Phi) is 5.96. The Morgan fingerprint density at radius 3 is 2.67 bits per heavy atom. The lowest BCUT2D eigenvalue weighted by Gasteiger charge is -2.39. The van der Waals surface area contributed by atoms with Crippen LogP contribution in [0.1, 0.15) is 37.3 Å². The van der Waals surface area contributed by atoms with Gasteiger partial charge in [0.05, 0.1) is 23.2 Å². The van der Waals surface area contributed by atoms with Gasteiger partial charge in [0.25, 0.3) is 0 Å². The second-order valence-electron chi connectivity index (χ2n) is 9.38. The molecule has 7 heteroatoms. The van der Waals surface area contributed by atoms with E-state index in [2.05, 4.69) is 33.7 Å². The Balaban J connectivity index is 1.20. The molecule has 2 aromatic rings. The van der Waals surface area contributed by atoms with Gasteiger partial charge in [-0.25, -0.2) is 4.79 Å². The van der Waals surface area contributed by atoms with E-state index in [-0.39, 0.29) is 11.7 Å². The third-order valence-electron chi connectivity index (χ3n) is 7.15. The zero-order valence-corrected chi connectivity index (χ0v) is 18.1. The molecule has 1 atom stereocenters. The second kappa shape index (κ2) is 8.83. The number of benzene rings is 1. The Bertz CT molecular complexity index is 918. The molecule has 0 saturated carbocycles. The van der Waals surface area contributed by atoms with Crippen LogP contribution in [0.25, 0.3) is 11.0 Å². The molecule has 1 aromatic carbocycles. The molecule has 164 valence electrons. The third kappa shape index (κ3) is 4.08. The van der Waals surface area contributed by atoms with E-state index >= 15 is 0 Å². The summed E-state index contributed by atoms with van der Waals surface area (Å²) in [5.74, 6) is 0.729. The number of hydrogen-bond donors (Lipinski definition) is 2. The van der Waals surface area contributed by atoms with Crippen LogP contribution in [0.4, 0.5) is 0 Å². The van der Waals surface area contributed by atoms with Crippen LogP contribution in [-0.4, -0.2) is 66.0 Å². The average Bonchev–Trinajstić information content (AvgIpc) is 3.01. The Morgan fingerprint density at radius 1 is 1.07 bits per heavy atom. The molecule has 3 saturated heterocycles. The molecule has 3 aliphatic rings. The summed E-state index contributed by atoms with van der Waals surface area (Å²) in [5.41, 5.74) is 3.48. The van der Waals surface area contributed by atoms with Crippen molar-refractivity contribution in [3.8, 4) is 0 Å². The lowest BCUT2D eigenvalue weighted by molar-refractivity contribution is -0.0712. The Labute approximate surface area is 178 Å². The largest absolute Gasteiger partial charge is 0.375 e. The SMILES string of the molecule is Cn1c(=O)n(C2CCCNC2)c2ccc(CN3CC(OCC4CCNCC4)C3)cc21. The summed E-state index contributed by atoms with van der Waals surface area (Å²) >= 11 is 0. The quantitative estimate of drug-likeness (QED) is 0.751. The smallest absolute Gasteiger partial charge is 0.329 e. The fraction of sp³-hybridized carbons (Fsp3) is 0.696. The number of imidazole rings is 1. The first-order chi connectivity index (χ1) is 14.7. The predicted octanol–water partition coefficient (Wildman–Crippen LogP) is 1.46. The zero-order chi connectivity index (χ0) is 20.5. The fourth-order valence-corrected chi connectivity index (χ4v) is 5.25. The van der Waals surface area contributed by atoms with E-state index in [1.165, 1.54) is 18.4 Å². The molecule has 3 aliphatic heterocycles. The molecule has 4 heterocycles. The summed E-state index contributed by atoms with van der Waals surface area (Å²) < 4.78 is 9.95. The van der Waals surface area contributed by atoms with Crippen molar-refractivity contribution < 1.29 is 4.74 Å². The number of piperidine rings is 2. The van der Waals surface area contributed by atoms with Gasteiger partial charge in [-0.3, -0.25) is 14.0 Å². The van der Waals surface area contributed by atoms with Gasteiger partial charge < -0.3 is 15.4 Å². The van der Waals surface area contributed by atoms with Gasteiger partial charge in [-0.1, -0.05) is 6.07 Å². The first-order valence-corrected chi connectivity index (χ1v) is 11.6. The number of likely N-dealkylation sites (tertiary alicyclic amines) is 1. The van der Waals surface area contributed by atoms with Crippen molar-refractivity contribution in [3.05, 3.63) is 34.2 Å². The molecule has 7 nitrogen and oxygen atoms in total. The molecule has 1 unspecified atom stereocenters. The van der Waals surface area contributed by atoms with Crippen molar-refractivity contribution >= 4 is 11.0 Å². The van der Waals surface area contributed by atoms with Gasteiger partial charge in [0.15, 0.2) is 0 Å². The number of fused-ring (bicyclic) bond motifs is 1. The van der Waals surface area contributed by atoms with Crippen LogP contribution in [0.2, 0.25) is 0 Å². The van der Waals surface area contributed by atoms with Gasteiger partial charge in [-0.2, -0.15) is 0 Å². The molecule has 0 bridgehead atoms. The summed E-state index contributed by atoms with van der Waals surface area (Å²) in [6.07, 6.45) is 5.06. The standard InChI is InChI=1S/C23H35N5O2/c1-26-22-11-18(4-5-21(22)28(23(26)29)19-3-2-8-25-12-19)13-27-14-20(15-27)30-16-17-6-9-24-10-7-17/h4-5,11,17,19-20,24-25H,2-3,6-10,12-16H2,1H3. The highest BCUT2D eigenvalue weighted by atomic mass is 16.5. The molecule has 2 N–H and O–H groups in total. The molecule has 30 heavy (non-hydrogen) atoms. The van der Waals surface area contributed by atoms with E-state index in [1.54, 1.807) is 0 Å². The minimum atomic E-state index is 0.103. The number of hydrogen-bond acceptors (Lipinski definition) is 5. The Hall–Kier alpha value is -1.67. The number of nitrogens with zero attached hydrogens (tertiary/aromatic N) is 3. The minimum absolute atomic E-state index is 0.103. The first kappa shape index (κ1) is 20.2. The van der Waals surface area contributed by atoms with Crippen LogP contribution in [0, 0.1) is 5.92 Å². The first-order valence-electron chi connectivity index (χ1n) is 11.6. The molecule has 0 radical (unpaired) electrons. The van der Waals surface area contributed by atoms with E-state index < -0.39 is 0 Å². The fourth-order valence-electron chi connectivity index (χ4n) is 5.25. The van der Waals surface area contributed by atoms with Crippen LogP contribution in [0.15, 0.2) is 23.0 Å². The molecular formula is C23H35N5O2. The number of ether oxygens (including phenoxy) is 1. The average molecular weight is 414 g/mol. The van der Waals surface area contributed by atoms with Crippen LogP contribution < -0.4 is 16.3 Å². The number of nitrogens with one attached hydrogen (secondary N) is 2. The summed E-state index contributed by atoms with van der Waals surface area (Å²) in [6.45, 7) is 8.06. The monoisotopic (exact) mass is 413 g/mol. The van der Waals surface area contributed by atoms with E-state index in [9.17, 15) is 4.79 Å². The van der Waals surface area contributed by atoms with Gasteiger partial charge in [0.2, 0.25) is 0 Å². The lowest BCUT2D eigenvalue weighted by Crippen LogP contribution is -2.52.